The first kappa shape index (κ1) is 25.3. The lowest BCUT2D eigenvalue weighted by Gasteiger charge is -2.26. The van der Waals surface area contributed by atoms with Crippen LogP contribution in [-0.2, 0) is 16.1 Å². The molecule has 1 fully saturated rings. The minimum Gasteiger partial charge on any atom is -0.507 e. The van der Waals surface area contributed by atoms with Crippen molar-refractivity contribution >= 4 is 17.4 Å². The lowest BCUT2D eigenvalue weighted by atomic mass is 9.95. The van der Waals surface area contributed by atoms with Gasteiger partial charge in [0.05, 0.1) is 18.2 Å². The van der Waals surface area contributed by atoms with Crippen LogP contribution in [0, 0.1) is 5.92 Å². The minimum atomic E-state index is -0.815. The lowest BCUT2D eigenvalue weighted by molar-refractivity contribution is -0.140. The van der Waals surface area contributed by atoms with Crippen LogP contribution in [-0.4, -0.2) is 46.5 Å². The van der Waals surface area contributed by atoms with E-state index in [0.29, 0.717) is 54.1 Å². The Bertz CT molecular complexity index is 1370. The summed E-state index contributed by atoms with van der Waals surface area (Å²) in [5.41, 5.74) is 1.86. The zero-order chi connectivity index (χ0) is 26.6. The van der Waals surface area contributed by atoms with Gasteiger partial charge in [-0.3, -0.25) is 14.6 Å². The lowest BCUT2D eigenvalue weighted by Crippen LogP contribution is -2.29. The molecular weight excluding hydrogens is 484 g/mol. The summed E-state index contributed by atoms with van der Waals surface area (Å²) in [6, 6.07) is 15.1. The Morgan fingerprint density at radius 1 is 1.05 bits per heavy atom. The Morgan fingerprint density at radius 3 is 2.58 bits per heavy atom. The Morgan fingerprint density at radius 2 is 1.82 bits per heavy atom. The largest absolute Gasteiger partial charge is 0.507 e. The molecule has 1 aromatic heterocycles. The number of carbonyl (C=O) groups excluding carboxylic acids is 2. The van der Waals surface area contributed by atoms with E-state index in [9.17, 15) is 14.7 Å². The fraction of sp³-hybridized carbons (Fsp3) is 0.300. The SMILES string of the molecule is CC(C)CCOc1cccc(C2C(=C(O)c3ccc4c(c3)OCCO4)C(=O)C(=O)N2Cc2ccncc2)c1. The first-order chi connectivity index (χ1) is 18.4. The molecule has 0 aliphatic carbocycles. The van der Waals surface area contributed by atoms with Crippen molar-refractivity contribution in [1.29, 1.82) is 0 Å². The van der Waals surface area contributed by atoms with E-state index < -0.39 is 17.7 Å². The number of fused-ring (bicyclic) bond motifs is 1. The monoisotopic (exact) mass is 514 g/mol. The van der Waals surface area contributed by atoms with Gasteiger partial charge in [0.15, 0.2) is 11.5 Å². The Kier molecular flexibility index (Phi) is 7.31. The number of likely N-dealkylation sites (tertiary alicyclic amines) is 1. The van der Waals surface area contributed by atoms with E-state index in [4.69, 9.17) is 14.2 Å². The molecule has 1 amide bonds. The number of aromatic nitrogens is 1. The molecule has 3 heterocycles. The van der Waals surface area contributed by atoms with E-state index in [1.165, 1.54) is 4.90 Å². The predicted octanol–water partition coefficient (Wildman–Crippen LogP) is 4.90. The number of benzene rings is 2. The molecule has 1 unspecified atom stereocenters. The van der Waals surface area contributed by atoms with Crippen LogP contribution in [0.4, 0.5) is 0 Å². The second kappa shape index (κ2) is 11.0. The van der Waals surface area contributed by atoms with E-state index in [2.05, 4.69) is 18.8 Å². The van der Waals surface area contributed by atoms with Crippen LogP contribution >= 0.6 is 0 Å². The summed E-state index contributed by atoms with van der Waals surface area (Å²) >= 11 is 0. The van der Waals surface area contributed by atoms with Crippen molar-refractivity contribution in [3.05, 3.63) is 89.3 Å². The van der Waals surface area contributed by atoms with Gasteiger partial charge < -0.3 is 24.2 Å². The topological polar surface area (TPSA) is 98.2 Å². The van der Waals surface area contributed by atoms with E-state index in [1.807, 2.05) is 24.3 Å². The third-order valence-electron chi connectivity index (χ3n) is 6.60. The summed E-state index contributed by atoms with van der Waals surface area (Å²) in [5, 5.41) is 11.4. The smallest absolute Gasteiger partial charge is 0.295 e. The molecule has 1 saturated heterocycles. The molecule has 1 atom stereocenters. The van der Waals surface area contributed by atoms with Crippen molar-refractivity contribution in [3.8, 4) is 17.2 Å². The first-order valence-corrected chi connectivity index (χ1v) is 12.7. The number of ether oxygens (including phenoxy) is 3. The van der Waals surface area contributed by atoms with E-state index in [1.54, 1.807) is 42.7 Å². The normalized spacial score (nSPS) is 18.2. The van der Waals surface area contributed by atoms with Gasteiger partial charge in [-0.1, -0.05) is 26.0 Å². The summed E-state index contributed by atoms with van der Waals surface area (Å²) in [5.74, 6) is 0.471. The average Bonchev–Trinajstić information content (AvgIpc) is 3.18. The number of rotatable bonds is 8. The standard InChI is InChI=1S/C30H30N2O6/c1-19(2)10-13-36-23-5-3-4-21(16-23)27-26(28(33)22-6-7-24-25(17-22)38-15-14-37-24)29(34)30(35)32(27)18-20-8-11-31-12-9-20/h3-9,11-12,16-17,19,27,33H,10,13-15,18H2,1-2H3. The molecule has 38 heavy (non-hydrogen) atoms. The first-order valence-electron chi connectivity index (χ1n) is 12.7. The fourth-order valence-corrected chi connectivity index (χ4v) is 4.61. The van der Waals surface area contributed by atoms with Crippen LogP contribution in [0.3, 0.4) is 0 Å². The fourth-order valence-electron chi connectivity index (χ4n) is 4.61. The minimum absolute atomic E-state index is 0.0139. The number of hydrogen-bond acceptors (Lipinski definition) is 7. The van der Waals surface area contributed by atoms with Gasteiger partial charge in [-0.05, 0) is 65.9 Å². The van der Waals surface area contributed by atoms with E-state index in [0.717, 1.165) is 12.0 Å². The maximum absolute atomic E-state index is 13.4. The van der Waals surface area contributed by atoms with Gasteiger partial charge in [-0.2, -0.15) is 0 Å². The quantitative estimate of drug-likeness (QED) is 0.259. The molecule has 3 aromatic rings. The zero-order valence-electron chi connectivity index (χ0n) is 21.4. The van der Waals surface area contributed by atoms with Crippen molar-refractivity contribution in [2.45, 2.75) is 32.9 Å². The Balaban J connectivity index is 1.57. The van der Waals surface area contributed by atoms with Gasteiger partial charge >= 0.3 is 0 Å². The van der Waals surface area contributed by atoms with Gasteiger partial charge in [0.2, 0.25) is 0 Å². The Hall–Kier alpha value is -4.33. The van der Waals surface area contributed by atoms with E-state index >= 15 is 0 Å². The summed E-state index contributed by atoms with van der Waals surface area (Å²) in [6.07, 6.45) is 4.17. The molecule has 0 saturated carbocycles. The number of pyridine rings is 1. The second-order valence-corrected chi connectivity index (χ2v) is 9.74. The summed E-state index contributed by atoms with van der Waals surface area (Å²) in [4.78, 5) is 32.3. The number of nitrogens with zero attached hydrogens (tertiary/aromatic N) is 2. The summed E-state index contributed by atoms with van der Waals surface area (Å²) in [6.45, 7) is 5.81. The molecule has 0 radical (unpaired) electrons. The summed E-state index contributed by atoms with van der Waals surface area (Å²) in [7, 11) is 0. The molecule has 1 N–H and O–H groups in total. The van der Waals surface area contributed by atoms with Crippen LogP contribution < -0.4 is 14.2 Å². The molecule has 0 spiro atoms. The van der Waals surface area contributed by atoms with Gasteiger partial charge in [-0.25, -0.2) is 0 Å². The maximum Gasteiger partial charge on any atom is 0.295 e. The van der Waals surface area contributed by atoms with Crippen LogP contribution in [0.5, 0.6) is 17.2 Å². The number of hydrogen-bond donors (Lipinski definition) is 1. The van der Waals surface area contributed by atoms with Gasteiger partial charge in [0.25, 0.3) is 11.7 Å². The molecule has 2 aliphatic heterocycles. The molecular formula is C30H30N2O6. The van der Waals surface area contributed by atoms with Gasteiger partial charge in [-0.15, -0.1) is 0 Å². The highest BCUT2D eigenvalue weighted by Gasteiger charge is 2.46. The van der Waals surface area contributed by atoms with Gasteiger partial charge in [0.1, 0.15) is 24.7 Å². The Labute approximate surface area is 221 Å². The average molecular weight is 515 g/mol. The van der Waals surface area contributed by atoms with Crippen LogP contribution in [0.15, 0.2) is 72.6 Å². The second-order valence-electron chi connectivity index (χ2n) is 9.74. The molecule has 2 aromatic carbocycles. The van der Waals surface area contributed by atoms with Crippen LogP contribution in [0.1, 0.15) is 43.0 Å². The molecule has 2 aliphatic rings. The van der Waals surface area contributed by atoms with Crippen LogP contribution in [0.2, 0.25) is 0 Å². The number of aliphatic hydroxyl groups excluding tert-OH is 1. The van der Waals surface area contributed by atoms with E-state index in [-0.39, 0.29) is 17.9 Å². The number of carbonyl (C=O) groups is 2. The van der Waals surface area contributed by atoms with Crippen molar-refractivity contribution in [1.82, 2.24) is 9.88 Å². The highest BCUT2D eigenvalue weighted by atomic mass is 16.6. The molecule has 5 rings (SSSR count). The van der Waals surface area contributed by atoms with Crippen molar-refractivity contribution in [2.75, 3.05) is 19.8 Å². The molecule has 8 nitrogen and oxygen atoms in total. The number of amides is 1. The number of ketones is 1. The van der Waals surface area contributed by atoms with Crippen molar-refractivity contribution < 1.29 is 28.9 Å². The number of aliphatic hydroxyl groups is 1. The molecule has 8 heteroatoms. The third-order valence-corrected chi connectivity index (χ3v) is 6.60. The predicted molar refractivity (Wildman–Crippen MR) is 141 cm³/mol. The van der Waals surface area contributed by atoms with Crippen molar-refractivity contribution in [3.63, 3.8) is 0 Å². The highest BCUT2D eigenvalue weighted by Crippen LogP contribution is 2.42. The van der Waals surface area contributed by atoms with Crippen LogP contribution in [0.25, 0.3) is 5.76 Å². The summed E-state index contributed by atoms with van der Waals surface area (Å²) < 4.78 is 17.2. The number of Topliss-reactive ketones (excluding diaryl/α,β-unsaturated/α-hetero) is 1. The maximum atomic E-state index is 13.4. The van der Waals surface area contributed by atoms with Gasteiger partial charge in [0, 0.05) is 24.5 Å². The third kappa shape index (κ3) is 5.20. The molecule has 0 bridgehead atoms. The highest BCUT2D eigenvalue weighted by molar-refractivity contribution is 6.46. The van der Waals surface area contributed by atoms with Crippen molar-refractivity contribution in [2.24, 2.45) is 5.92 Å². The zero-order valence-corrected chi connectivity index (χ0v) is 21.4. The molecule has 196 valence electrons.